The van der Waals surface area contributed by atoms with Crippen LogP contribution in [0.5, 0.6) is 0 Å². The van der Waals surface area contributed by atoms with E-state index in [1.165, 1.54) is 0 Å². The minimum Gasteiger partial charge on any atom is -0.368 e. The fourth-order valence-corrected chi connectivity index (χ4v) is 4.14. The molecule has 0 saturated carbocycles. The van der Waals surface area contributed by atoms with Crippen molar-refractivity contribution >= 4 is 44.2 Å². The van der Waals surface area contributed by atoms with Gasteiger partial charge in [-0.2, -0.15) is 0 Å². The van der Waals surface area contributed by atoms with Crippen molar-refractivity contribution in [3.63, 3.8) is 0 Å². The fourth-order valence-electron chi connectivity index (χ4n) is 3.59. The van der Waals surface area contributed by atoms with Crippen molar-refractivity contribution in [1.82, 2.24) is 15.0 Å². The van der Waals surface area contributed by atoms with E-state index in [0.29, 0.717) is 16.9 Å². The maximum absolute atomic E-state index is 12.8. The van der Waals surface area contributed by atoms with E-state index in [1.807, 2.05) is 6.92 Å². The molecular formula is C19H21BrN6O. The van der Waals surface area contributed by atoms with E-state index in [-0.39, 0.29) is 11.9 Å². The highest BCUT2D eigenvalue weighted by atomic mass is 79.9. The second kappa shape index (κ2) is 7.28. The van der Waals surface area contributed by atoms with Crippen molar-refractivity contribution in [3.05, 3.63) is 46.5 Å². The van der Waals surface area contributed by atoms with Gasteiger partial charge in [0, 0.05) is 43.4 Å². The number of aryl methyl sites for hydroxylation is 1. The van der Waals surface area contributed by atoms with Gasteiger partial charge in [0.1, 0.15) is 5.65 Å². The second-order valence-corrected chi connectivity index (χ2v) is 7.67. The number of fused-ring (bicyclic) bond motifs is 1. The van der Waals surface area contributed by atoms with E-state index in [9.17, 15) is 4.79 Å². The van der Waals surface area contributed by atoms with Gasteiger partial charge in [-0.3, -0.25) is 9.78 Å². The van der Waals surface area contributed by atoms with Crippen LogP contribution in [0.3, 0.4) is 0 Å². The summed E-state index contributed by atoms with van der Waals surface area (Å²) in [4.78, 5) is 26.8. The maximum atomic E-state index is 12.8. The summed E-state index contributed by atoms with van der Waals surface area (Å²) in [6.07, 6.45) is 7.31. The van der Waals surface area contributed by atoms with Crippen LogP contribution in [0.1, 0.15) is 28.9 Å². The zero-order valence-corrected chi connectivity index (χ0v) is 16.6. The maximum Gasteiger partial charge on any atom is 0.257 e. The summed E-state index contributed by atoms with van der Waals surface area (Å²) in [5, 5.41) is 3.89. The van der Waals surface area contributed by atoms with Gasteiger partial charge >= 0.3 is 0 Å². The molecule has 3 aromatic heterocycles. The van der Waals surface area contributed by atoms with Crippen LogP contribution in [0.25, 0.3) is 11.0 Å². The molecule has 7 nitrogen and oxygen atoms in total. The first-order valence-corrected chi connectivity index (χ1v) is 9.73. The van der Waals surface area contributed by atoms with Crippen molar-refractivity contribution in [3.8, 4) is 0 Å². The van der Waals surface area contributed by atoms with Crippen molar-refractivity contribution in [2.75, 3.05) is 23.3 Å². The molecule has 0 aromatic carbocycles. The van der Waals surface area contributed by atoms with Gasteiger partial charge in [0.2, 0.25) is 0 Å². The SMILES string of the molecule is Cc1ncccc1C(=O)Nc1c[nH]c2ncc(Br)c(N3CCC[C@@H](N)C3)c12. The zero-order chi connectivity index (χ0) is 19.0. The van der Waals surface area contributed by atoms with Crippen LogP contribution >= 0.6 is 15.9 Å². The van der Waals surface area contributed by atoms with E-state index in [2.05, 4.69) is 41.1 Å². The molecule has 1 amide bonds. The van der Waals surface area contributed by atoms with Crippen molar-refractivity contribution in [2.45, 2.75) is 25.8 Å². The Hall–Kier alpha value is -2.45. The lowest BCUT2D eigenvalue weighted by molar-refractivity contribution is 0.102. The Morgan fingerprint density at radius 3 is 3.07 bits per heavy atom. The predicted octanol–water partition coefficient (Wildman–Crippen LogP) is 3.21. The quantitative estimate of drug-likeness (QED) is 0.594. The van der Waals surface area contributed by atoms with Gasteiger partial charge in [-0.25, -0.2) is 4.98 Å². The first kappa shape index (κ1) is 17.9. The van der Waals surface area contributed by atoms with Gasteiger partial charge < -0.3 is 20.9 Å². The predicted molar refractivity (Wildman–Crippen MR) is 110 cm³/mol. The normalized spacial score (nSPS) is 17.3. The third-order valence-electron chi connectivity index (χ3n) is 4.90. The molecule has 4 N–H and O–H groups in total. The Bertz CT molecular complexity index is 1000. The van der Waals surface area contributed by atoms with Gasteiger partial charge in [0.05, 0.1) is 26.8 Å². The molecule has 1 aliphatic rings. The average molecular weight is 429 g/mol. The lowest BCUT2D eigenvalue weighted by Crippen LogP contribution is -2.43. The lowest BCUT2D eigenvalue weighted by Gasteiger charge is -2.33. The topological polar surface area (TPSA) is 99.9 Å². The highest BCUT2D eigenvalue weighted by molar-refractivity contribution is 9.10. The number of anilines is 2. The summed E-state index contributed by atoms with van der Waals surface area (Å²) in [7, 11) is 0. The molecule has 4 heterocycles. The number of hydrogen-bond acceptors (Lipinski definition) is 5. The number of aromatic nitrogens is 3. The van der Waals surface area contributed by atoms with Gasteiger partial charge in [-0.05, 0) is 47.8 Å². The minimum atomic E-state index is -0.192. The van der Waals surface area contributed by atoms with Gasteiger partial charge in [-0.1, -0.05) is 0 Å². The molecule has 0 aliphatic carbocycles. The average Bonchev–Trinajstić information content (AvgIpc) is 3.04. The van der Waals surface area contributed by atoms with Gasteiger partial charge in [-0.15, -0.1) is 0 Å². The van der Waals surface area contributed by atoms with Crippen LogP contribution in [0, 0.1) is 6.92 Å². The van der Waals surface area contributed by atoms with E-state index in [0.717, 1.165) is 47.1 Å². The molecule has 3 aromatic rings. The molecule has 1 fully saturated rings. The standard InChI is InChI=1S/C19H21BrN6O/c1-11-13(5-2-6-22-11)19(27)25-15-9-24-18-16(15)17(14(20)8-23-18)26-7-3-4-12(21)10-26/h2,5-6,8-9,12H,3-4,7,10,21H2,1H3,(H,23,24)(H,25,27)/t12-/m1/s1. The second-order valence-electron chi connectivity index (χ2n) is 6.82. The number of carbonyl (C=O) groups is 1. The lowest BCUT2D eigenvalue weighted by atomic mass is 10.1. The Labute approximate surface area is 165 Å². The Kier molecular flexibility index (Phi) is 4.84. The number of nitrogens with two attached hydrogens (primary N) is 1. The summed E-state index contributed by atoms with van der Waals surface area (Å²) in [5.74, 6) is -0.192. The summed E-state index contributed by atoms with van der Waals surface area (Å²) in [5.41, 5.74) is 9.86. The number of nitrogens with one attached hydrogen (secondary N) is 2. The number of hydrogen-bond donors (Lipinski definition) is 3. The summed E-state index contributed by atoms with van der Waals surface area (Å²) < 4.78 is 0.886. The van der Waals surface area contributed by atoms with Crippen LogP contribution < -0.4 is 16.0 Å². The molecular weight excluding hydrogens is 408 g/mol. The van der Waals surface area contributed by atoms with Gasteiger partial charge in [0.15, 0.2) is 0 Å². The smallest absolute Gasteiger partial charge is 0.257 e. The molecule has 8 heteroatoms. The summed E-state index contributed by atoms with van der Waals surface area (Å²) in [6, 6.07) is 3.67. The molecule has 27 heavy (non-hydrogen) atoms. The Morgan fingerprint density at radius 1 is 1.44 bits per heavy atom. The van der Waals surface area contributed by atoms with Crippen molar-refractivity contribution in [2.24, 2.45) is 5.73 Å². The number of piperidine rings is 1. The number of pyridine rings is 2. The summed E-state index contributed by atoms with van der Waals surface area (Å²) >= 11 is 3.63. The Balaban J connectivity index is 1.75. The molecule has 0 bridgehead atoms. The van der Waals surface area contributed by atoms with E-state index in [1.54, 1.807) is 30.7 Å². The van der Waals surface area contributed by atoms with Crippen LogP contribution in [0.2, 0.25) is 0 Å². The minimum absolute atomic E-state index is 0.142. The van der Waals surface area contributed by atoms with Crippen LogP contribution in [-0.2, 0) is 0 Å². The van der Waals surface area contributed by atoms with E-state index in [4.69, 9.17) is 5.73 Å². The van der Waals surface area contributed by atoms with Crippen LogP contribution in [0.15, 0.2) is 35.2 Å². The van der Waals surface area contributed by atoms with Crippen molar-refractivity contribution in [1.29, 1.82) is 0 Å². The first-order chi connectivity index (χ1) is 13.0. The number of nitrogens with zero attached hydrogens (tertiary/aromatic N) is 3. The highest BCUT2D eigenvalue weighted by Crippen LogP contribution is 2.38. The van der Waals surface area contributed by atoms with Crippen LogP contribution in [0.4, 0.5) is 11.4 Å². The third kappa shape index (κ3) is 3.42. The molecule has 1 saturated heterocycles. The van der Waals surface area contributed by atoms with Gasteiger partial charge in [0.25, 0.3) is 5.91 Å². The first-order valence-electron chi connectivity index (χ1n) is 8.93. The number of aromatic amines is 1. The zero-order valence-electron chi connectivity index (χ0n) is 15.0. The number of rotatable bonds is 3. The number of H-pyrrole nitrogens is 1. The van der Waals surface area contributed by atoms with E-state index >= 15 is 0 Å². The molecule has 0 spiro atoms. The molecule has 1 atom stereocenters. The highest BCUT2D eigenvalue weighted by Gasteiger charge is 2.24. The molecule has 1 aliphatic heterocycles. The largest absolute Gasteiger partial charge is 0.368 e. The number of halogens is 1. The van der Waals surface area contributed by atoms with Crippen molar-refractivity contribution < 1.29 is 4.79 Å². The Morgan fingerprint density at radius 2 is 2.30 bits per heavy atom. The fraction of sp³-hybridized carbons (Fsp3) is 0.316. The number of amides is 1. The number of carbonyl (C=O) groups excluding carboxylic acids is 1. The molecule has 140 valence electrons. The monoisotopic (exact) mass is 428 g/mol. The molecule has 0 unspecified atom stereocenters. The molecule has 0 radical (unpaired) electrons. The third-order valence-corrected chi connectivity index (χ3v) is 5.48. The van der Waals surface area contributed by atoms with Crippen LogP contribution in [-0.4, -0.2) is 40.0 Å². The van der Waals surface area contributed by atoms with E-state index < -0.39 is 0 Å². The summed E-state index contributed by atoms with van der Waals surface area (Å²) in [6.45, 7) is 3.52. The molecule has 4 rings (SSSR count).